The van der Waals surface area contributed by atoms with Crippen molar-refractivity contribution in [3.63, 3.8) is 0 Å². The largest absolute Gasteiger partial charge is 0.416 e. The number of hydrogen-bond donors (Lipinski definition) is 2. The van der Waals surface area contributed by atoms with Crippen LogP contribution in [0, 0.1) is 17.6 Å². The molecule has 2 N–H and O–H groups in total. The lowest BCUT2D eigenvalue weighted by molar-refractivity contribution is -0.143. The Hall–Kier alpha value is -4.04. The van der Waals surface area contributed by atoms with E-state index < -0.39 is 65.4 Å². The number of hydrogen-bond acceptors (Lipinski definition) is 4. The summed E-state index contributed by atoms with van der Waals surface area (Å²) in [5, 5.41) is 6.22. The van der Waals surface area contributed by atoms with E-state index in [9.17, 15) is 39.9 Å². The first-order chi connectivity index (χ1) is 20.8. The van der Waals surface area contributed by atoms with Crippen LogP contribution < -0.4 is 5.69 Å². The van der Waals surface area contributed by atoms with Crippen molar-refractivity contribution in [3.05, 3.63) is 122 Å². The highest BCUT2D eigenvalue weighted by molar-refractivity contribution is 5.35. The summed E-state index contributed by atoms with van der Waals surface area (Å²) >= 11 is 0. The van der Waals surface area contributed by atoms with Crippen LogP contribution in [0.4, 0.5) is 35.1 Å². The van der Waals surface area contributed by atoms with Gasteiger partial charge in [0, 0.05) is 24.9 Å². The second-order valence-corrected chi connectivity index (χ2v) is 10.7. The van der Waals surface area contributed by atoms with Gasteiger partial charge >= 0.3 is 18.0 Å². The monoisotopic (exact) mass is 626 g/mol. The number of piperidine rings is 1. The summed E-state index contributed by atoms with van der Waals surface area (Å²) < 4.78 is 115. The molecule has 0 bridgehead atoms. The number of nitrogens with one attached hydrogen (secondary N) is 2. The van der Waals surface area contributed by atoms with Crippen LogP contribution in [0.15, 0.2) is 71.5 Å². The number of benzene rings is 3. The molecule has 1 fully saturated rings. The molecule has 1 aliphatic heterocycles. The molecular formula is C30H26F8N4O2. The fourth-order valence-corrected chi connectivity index (χ4v) is 5.63. The predicted molar refractivity (Wildman–Crippen MR) is 142 cm³/mol. The second kappa shape index (κ2) is 12.5. The Morgan fingerprint density at radius 3 is 1.89 bits per heavy atom. The molecule has 5 rings (SSSR count). The maximum absolute atomic E-state index is 13.9. The number of ether oxygens (including phenoxy) is 1. The van der Waals surface area contributed by atoms with Crippen LogP contribution in [0.3, 0.4) is 0 Å². The average Bonchev–Trinajstić information content (AvgIpc) is 3.38. The minimum absolute atomic E-state index is 0.0588. The number of aromatic amines is 2. The van der Waals surface area contributed by atoms with Crippen molar-refractivity contribution < 1.29 is 39.9 Å². The zero-order chi connectivity index (χ0) is 31.6. The summed E-state index contributed by atoms with van der Waals surface area (Å²) in [5.41, 5.74) is -2.40. The third kappa shape index (κ3) is 7.53. The van der Waals surface area contributed by atoms with E-state index in [2.05, 4.69) is 15.2 Å². The van der Waals surface area contributed by atoms with E-state index in [0.29, 0.717) is 42.0 Å². The molecule has 0 saturated carbocycles. The van der Waals surface area contributed by atoms with E-state index in [1.807, 2.05) is 4.90 Å². The van der Waals surface area contributed by atoms with Gasteiger partial charge in [-0.25, -0.2) is 18.7 Å². The lowest BCUT2D eigenvalue weighted by Crippen LogP contribution is -2.46. The van der Waals surface area contributed by atoms with Gasteiger partial charge in [0.1, 0.15) is 17.5 Å². The number of aromatic nitrogens is 3. The summed E-state index contributed by atoms with van der Waals surface area (Å²) in [5.74, 6) is -1.64. The van der Waals surface area contributed by atoms with Crippen molar-refractivity contribution in [2.24, 2.45) is 5.92 Å². The summed E-state index contributed by atoms with van der Waals surface area (Å²) in [6.07, 6.45) is -10.4. The quantitative estimate of drug-likeness (QED) is 0.215. The first-order valence-electron chi connectivity index (χ1n) is 13.5. The van der Waals surface area contributed by atoms with Crippen LogP contribution >= 0.6 is 0 Å². The molecule has 0 amide bonds. The lowest BCUT2D eigenvalue weighted by Gasteiger charge is -2.42. The first kappa shape index (κ1) is 31.4. The van der Waals surface area contributed by atoms with Crippen LogP contribution in [0.25, 0.3) is 0 Å². The van der Waals surface area contributed by atoms with Crippen LogP contribution in [-0.4, -0.2) is 39.3 Å². The zero-order valence-corrected chi connectivity index (χ0v) is 22.9. The molecule has 6 nitrogen and oxygen atoms in total. The van der Waals surface area contributed by atoms with Crippen molar-refractivity contribution >= 4 is 0 Å². The predicted octanol–water partition coefficient (Wildman–Crippen LogP) is 6.65. The molecule has 4 aromatic rings. The Balaban J connectivity index is 1.50. The van der Waals surface area contributed by atoms with Crippen molar-refractivity contribution in [3.8, 4) is 0 Å². The third-order valence-electron chi connectivity index (χ3n) is 7.60. The maximum Gasteiger partial charge on any atom is 0.416 e. The summed E-state index contributed by atoms with van der Waals surface area (Å²) in [7, 11) is 0. The number of halogens is 8. The highest BCUT2D eigenvalue weighted by Gasteiger charge is 2.39. The molecule has 3 aromatic carbocycles. The van der Waals surface area contributed by atoms with Crippen molar-refractivity contribution in [2.75, 3.05) is 13.1 Å². The van der Waals surface area contributed by atoms with Crippen molar-refractivity contribution in [1.29, 1.82) is 0 Å². The molecule has 2 unspecified atom stereocenters. The minimum Gasteiger partial charge on any atom is -0.373 e. The van der Waals surface area contributed by atoms with Gasteiger partial charge in [-0.15, -0.1) is 0 Å². The minimum atomic E-state index is -5.01. The zero-order valence-electron chi connectivity index (χ0n) is 22.9. The fourth-order valence-electron chi connectivity index (χ4n) is 5.63. The Kier molecular flexibility index (Phi) is 8.93. The van der Waals surface area contributed by atoms with Crippen molar-refractivity contribution in [1.82, 2.24) is 20.1 Å². The van der Waals surface area contributed by atoms with Gasteiger partial charge in [-0.3, -0.25) is 9.88 Å². The SMILES string of the molecule is O=c1[nH]nc(CN2CCC(OCc3cc(C(F)(F)F)cc(C(F)(F)F)c3)C(C(c3ccc(F)cc3)c3ccc(F)cc3)C2)[nH]1. The molecule has 0 spiro atoms. The molecule has 1 aliphatic rings. The Morgan fingerprint density at radius 2 is 1.41 bits per heavy atom. The molecular weight excluding hydrogens is 600 g/mol. The summed E-state index contributed by atoms with van der Waals surface area (Å²) in [6, 6.07) is 12.6. The van der Waals surface area contributed by atoms with Gasteiger partial charge in [0.05, 0.1) is 30.4 Å². The molecule has 2 heterocycles. The smallest absolute Gasteiger partial charge is 0.373 e. The number of rotatable bonds is 8. The molecule has 1 aromatic heterocycles. The van der Waals surface area contributed by atoms with E-state index in [0.717, 1.165) is 0 Å². The number of alkyl halides is 6. The standard InChI is InChI=1S/C30H26F8N4O2/c31-22-5-1-18(2-6-22)27(19-3-7-23(32)8-4-19)24-14-42(15-26-39-28(43)41-40-26)10-9-25(24)44-16-17-11-20(29(33,34)35)13-21(12-17)30(36,37)38/h1-8,11-13,24-25,27H,9-10,14-16H2,(H2,39,40,41,43). The number of H-pyrrole nitrogens is 2. The molecule has 44 heavy (non-hydrogen) atoms. The van der Waals surface area contributed by atoms with Crippen LogP contribution in [0.1, 0.15) is 46.0 Å². The molecule has 0 aliphatic carbocycles. The molecule has 234 valence electrons. The van der Waals surface area contributed by atoms with Crippen LogP contribution in [0.2, 0.25) is 0 Å². The van der Waals surface area contributed by atoms with Gasteiger partial charge in [0.2, 0.25) is 0 Å². The van der Waals surface area contributed by atoms with E-state index in [-0.39, 0.29) is 24.7 Å². The van der Waals surface area contributed by atoms with Gasteiger partial charge in [-0.1, -0.05) is 24.3 Å². The third-order valence-corrected chi connectivity index (χ3v) is 7.60. The van der Waals surface area contributed by atoms with Gasteiger partial charge in [-0.2, -0.15) is 31.4 Å². The topological polar surface area (TPSA) is 74.0 Å². The highest BCUT2D eigenvalue weighted by atomic mass is 19.4. The van der Waals surface area contributed by atoms with Gasteiger partial charge in [-0.05, 0) is 65.6 Å². The van der Waals surface area contributed by atoms with E-state index >= 15 is 0 Å². The van der Waals surface area contributed by atoms with Gasteiger partial charge in [0.25, 0.3) is 0 Å². The normalized spacial score (nSPS) is 18.2. The van der Waals surface area contributed by atoms with Crippen LogP contribution in [0.5, 0.6) is 0 Å². The van der Waals surface area contributed by atoms with Gasteiger partial charge in [0.15, 0.2) is 0 Å². The number of likely N-dealkylation sites (tertiary alicyclic amines) is 1. The van der Waals surface area contributed by atoms with Gasteiger partial charge < -0.3 is 4.74 Å². The Morgan fingerprint density at radius 1 is 0.864 bits per heavy atom. The van der Waals surface area contributed by atoms with E-state index in [1.165, 1.54) is 24.3 Å². The second-order valence-electron chi connectivity index (χ2n) is 10.7. The van der Waals surface area contributed by atoms with Crippen LogP contribution in [-0.2, 0) is 30.2 Å². The molecule has 2 atom stereocenters. The average molecular weight is 627 g/mol. The van der Waals surface area contributed by atoms with Crippen molar-refractivity contribution in [2.45, 2.75) is 43.9 Å². The molecule has 1 saturated heterocycles. The Labute approximate surface area is 245 Å². The highest BCUT2D eigenvalue weighted by Crippen LogP contribution is 2.40. The molecule has 0 radical (unpaired) electrons. The van der Waals surface area contributed by atoms with E-state index in [1.54, 1.807) is 24.3 Å². The maximum atomic E-state index is 13.9. The Bertz CT molecular complexity index is 1540. The first-order valence-corrected chi connectivity index (χ1v) is 13.5. The lowest BCUT2D eigenvalue weighted by atomic mass is 9.75. The fraction of sp³-hybridized carbons (Fsp3) is 0.333. The molecule has 14 heteroatoms. The number of nitrogens with zero attached hydrogens (tertiary/aromatic N) is 2. The van der Waals surface area contributed by atoms with E-state index in [4.69, 9.17) is 4.74 Å². The summed E-state index contributed by atoms with van der Waals surface area (Å²) in [6.45, 7) is 0.367. The summed E-state index contributed by atoms with van der Waals surface area (Å²) in [4.78, 5) is 16.1.